The Labute approximate surface area is 103 Å². The van der Waals surface area contributed by atoms with Crippen LogP contribution in [0.15, 0.2) is 18.2 Å². The summed E-state index contributed by atoms with van der Waals surface area (Å²) in [6, 6.07) is 4.58. The molecule has 0 aliphatic rings. The van der Waals surface area contributed by atoms with E-state index in [9.17, 15) is 4.39 Å². The van der Waals surface area contributed by atoms with Crippen LogP contribution in [0.4, 0.5) is 10.1 Å². The Bertz CT molecular complexity index is 328. The van der Waals surface area contributed by atoms with E-state index in [1.165, 1.54) is 44.2 Å². The maximum Gasteiger partial charge on any atom is 0.149 e. The molecule has 1 aromatic rings. The van der Waals surface area contributed by atoms with Crippen LogP contribution in [0, 0.1) is 5.82 Å². The molecule has 0 radical (unpaired) electrons. The molecule has 0 saturated carbocycles. The van der Waals surface area contributed by atoms with E-state index in [0.29, 0.717) is 12.4 Å². The third-order valence-corrected chi connectivity index (χ3v) is 2.74. The number of unbranched alkanes of at least 4 members (excludes halogenated alkanes) is 5. The molecule has 0 aliphatic heterocycles. The molecule has 2 N–H and O–H groups in total. The van der Waals surface area contributed by atoms with Gasteiger partial charge in [0.15, 0.2) is 0 Å². The normalized spacial score (nSPS) is 10.5. The number of benzene rings is 1. The molecule has 1 aromatic carbocycles. The smallest absolute Gasteiger partial charge is 0.149 e. The van der Waals surface area contributed by atoms with Gasteiger partial charge in [0.1, 0.15) is 11.6 Å². The van der Waals surface area contributed by atoms with E-state index in [4.69, 9.17) is 10.5 Å². The van der Waals surface area contributed by atoms with Gasteiger partial charge >= 0.3 is 0 Å². The Morgan fingerprint density at radius 2 is 1.82 bits per heavy atom. The third kappa shape index (κ3) is 5.57. The van der Waals surface area contributed by atoms with E-state index in [-0.39, 0.29) is 5.69 Å². The standard InChI is InChI=1S/C14H22FNO/c1-2-3-4-5-6-7-10-17-12-8-9-14(16)13(15)11-12/h8-9,11H,2-7,10,16H2,1H3. The summed E-state index contributed by atoms with van der Waals surface area (Å²) in [5, 5.41) is 0. The van der Waals surface area contributed by atoms with Gasteiger partial charge in [0.2, 0.25) is 0 Å². The number of anilines is 1. The second-order valence-electron chi connectivity index (χ2n) is 4.30. The summed E-state index contributed by atoms with van der Waals surface area (Å²) in [7, 11) is 0. The Kier molecular flexibility index (Phi) is 6.45. The maximum atomic E-state index is 13.1. The molecule has 17 heavy (non-hydrogen) atoms. The van der Waals surface area contributed by atoms with Crippen molar-refractivity contribution in [1.29, 1.82) is 0 Å². The summed E-state index contributed by atoms with van der Waals surface area (Å²) in [5.41, 5.74) is 5.54. The SMILES string of the molecule is CCCCCCCCOc1ccc(N)c(F)c1. The second-order valence-corrected chi connectivity index (χ2v) is 4.30. The summed E-state index contributed by atoms with van der Waals surface area (Å²) in [5.74, 6) is 0.149. The summed E-state index contributed by atoms with van der Waals surface area (Å²) in [6.45, 7) is 2.86. The fraction of sp³-hybridized carbons (Fsp3) is 0.571. The number of hydrogen-bond acceptors (Lipinski definition) is 2. The Morgan fingerprint density at radius 1 is 1.12 bits per heavy atom. The van der Waals surface area contributed by atoms with Gasteiger partial charge in [-0.25, -0.2) is 4.39 Å². The highest BCUT2D eigenvalue weighted by molar-refractivity contribution is 5.43. The molecular weight excluding hydrogens is 217 g/mol. The lowest BCUT2D eigenvalue weighted by Crippen LogP contribution is -1.98. The number of nitrogens with two attached hydrogens (primary N) is 1. The van der Waals surface area contributed by atoms with Crippen molar-refractivity contribution in [2.75, 3.05) is 12.3 Å². The van der Waals surface area contributed by atoms with Crippen molar-refractivity contribution in [3.05, 3.63) is 24.0 Å². The van der Waals surface area contributed by atoms with Gasteiger partial charge in [-0.2, -0.15) is 0 Å². The molecule has 0 fully saturated rings. The van der Waals surface area contributed by atoms with Crippen molar-refractivity contribution in [2.45, 2.75) is 45.4 Å². The molecule has 0 atom stereocenters. The summed E-state index contributed by atoms with van der Waals surface area (Å²) in [6.07, 6.45) is 7.33. The molecule has 3 heteroatoms. The molecule has 0 bridgehead atoms. The largest absolute Gasteiger partial charge is 0.493 e. The van der Waals surface area contributed by atoms with Crippen LogP contribution < -0.4 is 10.5 Å². The molecule has 0 spiro atoms. The van der Waals surface area contributed by atoms with Crippen LogP contribution in [0.5, 0.6) is 5.75 Å². The highest BCUT2D eigenvalue weighted by atomic mass is 19.1. The van der Waals surface area contributed by atoms with Gasteiger partial charge in [0.05, 0.1) is 12.3 Å². The van der Waals surface area contributed by atoms with Gasteiger partial charge in [-0.1, -0.05) is 39.0 Å². The molecule has 96 valence electrons. The number of hydrogen-bond donors (Lipinski definition) is 1. The zero-order valence-electron chi connectivity index (χ0n) is 10.5. The monoisotopic (exact) mass is 239 g/mol. The highest BCUT2D eigenvalue weighted by Crippen LogP contribution is 2.18. The van der Waals surface area contributed by atoms with Gasteiger partial charge < -0.3 is 10.5 Å². The van der Waals surface area contributed by atoms with Crippen molar-refractivity contribution in [3.63, 3.8) is 0 Å². The quantitative estimate of drug-likeness (QED) is 0.546. The minimum atomic E-state index is -0.412. The average Bonchev–Trinajstić information content (AvgIpc) is 2.32. The van der Waals surface area contributed by atoms with E-state index in [1.807, 2.05) is 0 Å². The first-order chi connectivity index (χ1) is 8.24. The molecule has 1 rings (SSSR count). The highest BCUT2D eigenvalue weighted by Gasteiger charge is 2.00. The van der Waals surface area contributed by atoms with Crippen molar-refractivity contribution in [2.24, 2.45) is 0 Å². The zero-order chi connectivity index (χ0) is 12.5. The van der Waals surface area contributed by atoms with E-state index < -0.39 is 5.82 Å². The fourth-order valence-electron chi connectivity index (χ4n) is 1.67. The first-order valence-corrected chi connectivity index (χ1v) is 6.42. The maximum absolute atomic E-state index is 13.1. The lowest BCUT2D eigenvalue weighted by molar-refractivity contribution is 0.303. The number of ether oxygens (including phenoxy) is 1. The van der Waals surface area contributed by atoms with Crippen LogP contribution in [0.1, 0.15) is 45.4 Å². The second kappa shape index (κ2) is 7.93. The average molecular weight is 239 g/mol. The lowest BCUT2D eigenvalue weighted by atomic mass is 10.1. The van der Waals surface area contributed by atoms with Gasteiger partial charge in [0.25, 0.3) is 0 Å². The molecular formula is C14H22FNO. The molecule has 0 saturated heterocycles. The predicted octanol–water partition coefficient (Wildman–Crippen LogP) is 4.15. The molecule has 0 aromatic heterocycles. The molecule has 0 aliphatic carbocycles. The summed E-state index contributed by atoms with van der Waals surface area (Å²) >= 11 is 0. The van der Waals surface area contributed by atoms with Crippen LogP contribution in [0.25, 0.3) is 0 Å². The molecule has 0 heterocycles. The van der Waals surface area contributed by atoms with Gasteiger partial charge in [-0.15, -0.1) is 0 Å². The Morgan fingerprint density at radius 3 is 2.53 bits per heavy atom. The fourth-order valence-corrected chi connectivity index (χ4v) is 1.67. The van der Waals surface area contributed by atoms with Crippen LogP contribution in [0.3, 0.4) is 0 Å². The topological polar surface area (TPSA) is 35.2 Å². The van der Waals surface area contributed by atoms with Gasteiger partial charge in [0, 0.05) is 6.07 Å². The minimum Gasteiger partial charge on any atom is -0.493 e. The first-order valence-electron chi connectivity index (χ1n) is 6.42. The van der Waals surface area contributed by atoms with E-state index in [1.54, 1.807) is 6.07 Å². The van der Waals surface area contributed by atoms with Crippen molar-refractivity contribution < 1.29 is 9.13 Å². The summed E-state index contributed by atoms with van der Waals surface area (Å²) < 4.78 is 18.5. The first kappa shape index (κ1) is 13.8. The van der Waals surface area contributed by atoms with Crippen molar-refractivity contribution in [1.82, 2.24) is 0 Å². The number of halogens is 1. The van der Waals surface area contributed by atoms with E-state index >= 15 is 0 Å². The van der Waals surface area contributed by atoms with Crippen molar-refractivity contribution in [3.8, 4) is 5.75 Å². The number of rotatable bonds is 8. The predicted molar refractivity (Wildman–Crippen MR) is 69.7 cm³/mol. The van der Waals surface area contributed by atoms with Crippen LogP contribution in [-0.4, -0.2) is 6.61 Å². The third-order valence-electron chi connectivity index (χ3n) is 2.74. The minimum absolute atomic E-state index is 0.164. The Balaban J connectivity index is 2.11. The zero-order valence-corrected chi connectivity index (χ0v) is 10.5. The molecule has 2 nitrogen and oxygen atoms in total. The molecule has 0 unspecified atom stereocenters. The van der Waals surface area contributed by atoms with E-state index in [0.717, 1.165) is 6.42 Å². The van der Waals surface area contributed by atoms with Crippen LogP contribution in [0.2, 0.25) is 0 Å². The Hall–Kier alpha value is -1.25. The molecule has 0 amide bonds. The lowest BCUT2D eigenvalue weighted by Gasteiger charge is -2.06. The van der Waals surface area contributed by atoms with E-state index in [2.05, 4.69) is 6.92 Å². The summed E-state index contributed by atoms with van der Waals surface area (Å²) in [4.78, 5) is 0. The van der Waals surface area contributed by atoms with Crippen LogP contribution in [-0.2, 0) is 0 Å². The van der Waals surface area contributed by atoms with Crippen LogP contribution >= 0.6 is 0 Å². The van der Waals surface area contributed by atoms with Gasteiger partial charge in [-0.05, 0) is 18.6 Å². The number of nitrogen functional groups attached to an aromatic ring is 1. The van der Waals surface area contributed by atoms with Crippen molar-refractivity contribution >= 4 is 5.69 Å². The van der Waals surface area contributed by atoms with Gasteiger partial charge in [-0.3, -0.25) is 0 Å².